The maximum absolute atomic E-state index is 9.75. The predicted molar refractivity (Wildman–Crippen MR) is 75.2 cm³/mol. The number of nitrogens with zero attached hydrogens (tertiary/aromatic N) is 3. The molecule has 2 rings (SSSR count). The van der Waals surface area contributed by atoms with Gasteiger partial charge in [0.1, 0.15) is 5.76 Å². The lowest BCUT2D eigenvalue weighted by atomic mass is 10.0. The van der Waals surface area contributed by atoms with Crippen molar-refractivity contribution in [3.8, 4) is 0 Å². The lowest BCUT2D eigenvalue weighted by Crippen LogP contribution is -2.39. The highest BCUT2D eigenvalue weighted by atomic mass is 19.5. The summed E-state index contributed by atoms with van der Waals surface area (Å²) in [6, 6.07) is 0. The smallest absolute Gasteiger partial charge is 0.494 e. The largest absolute Gasteiger partial charge is 0.673 e. The number of hydrogen-bond donors (Lipinski definition) is 0. The Bertz CT molecular complexity index is 506. The molecule has 23 heavy (non-hydrogen) atoms. The molecule has 0 aromatic rings. The van der Waals surface area contributed by atoms with Crippen molar-refractivity contribution in [2.24, 2.45) is 0 Å². The van der Waals surface area contributed by atoms with Crippen molar-refractivity contribution in [3.63, 3.8) is 0 Å². The van der Waals surface area contributed by atoms with E-state index in [9.17, 15) is 17.3 Å². The predicted octanol–water partition coefficient (Wildman–Crippen LogP) is 1.73. The third-order valence-corrected chi connectivity index (χ3v) is 3.07. The topological polar surface area (TPSA) is 67.3 Å². The molecule has 1 aliphatic heterocycles. The summed E-state index contributed by atoms with van der Waals surface area (Å²) in [6.45, 7) is 3.03. The molecule has 1 aliphatic carbocycles. The number of hydrogen-bond acceptors (Lipinski definition) is 4. The summed E-state index contributed by atoms with van der Waals surface area (Å²) < 4.78 is 55.0. The van der Waals surface area contributed by atoms with Crippen LogP contribution in [0.2, 0.25) is 0 Å². The van der Waals surface area contributed by atoms with E-state index in [4.69, 9.17) is 19.7 Å². The van der Waals surface area contributed by atoms with Crippen LogP contribution in [0.5, 0.6) is 0 Å². The van der Waals surface area contributed by atoms with Crippen molar-refractivity contribution < 1.29 is 36.3 Å². The molecule has 2 aliphatic rings. The lowest BCUT2D eigenvalue weighted by molar-refractivity contribution is -0.0195. The second-order valence-corrected chi connectivity index (χ2v) is 4.54. The Morgan fingerprint density at radius 1 is 1.26 bits per heavy atom. The van der Waals surface area contributed by atoms with Gasteiger partial charge in [-0.05, 0) is 6.08 Å². The number of rotatable bonds is 3. The van der Waals surface area contributed by atoms with E-state index in [1.807, 2.05) is 6.08 Å². The Morgan fingerprint density at radius 3 is 2.26 bits per heavy atom. The van der Waals surface area contributed by atoms with Crippen molar-refractivity contribution in [2.45, 2.75) is 6.10 Å². The van der Waals surface area contributed by atoms with Crippen LogP contribution in [0.3, 0.4) is 0 Å². The zero-order chi connectivity index (χ0) is 17.5. The van der Waals surface area contributed by atoms with Gasteiger partial charge in [0.25, 0.3) is 0 Å². The fraction of sp³-hybridized carbons (Fsp3) is 0.583. The van der Waals surface area contributed by atoms with Crippen LogP contribution < -0.4 is 0 Å². The normalized spacial score (nSPS) is 21.6. The SMILES string of the molecule is COC1=CC(=[N+]=[N-])C(OC)C=C1N1CCOCC1.F[B-](F)(F)F. The van der Waals surface area contributed by atoms with Gasteiger partial charge >= 0.3 is 13.0 Å². The van der Waals surface area contributed by atoms with E-state index in [1.165, 1.54) is 0 Å². The monoisotopic (exact) mass is 338 g/mol. The van der Waals surface area contributed by atoms with Gasteiger partial charge in [-0.1, -0.05) is 0 Å². The summed E-state index contributed by atoms with van der Waals surface area (Å²) in [5.74, 6) is 0.679. The van der Waals surface area contributed by atoms with Gasteiger partial charge in [-0.3, -0.25) is 0 Å². The van der Waals surface area contributed by atoms with E-state index < -0.39 is 7.25 Å². The molecule has 1 fully saturated rings. The Morgan fingerprint density at radius 2 is 1.83 bits per heavy atom. The van der Waals surface area contributed by atoms with Gasteiger partial charge in [0.15, 0.2) is 6.10 Å². The Hall–Kier alpha value is -1.84. The number of methoxy groups -OCH3 is 2. The zero-order valence-corrected chi connectivity index (χ0v) is 12.7. The minimum atomic E-state index is -6.00. The van der Waals surface area contributed by atoms with E-state index in [2.05, 4.69) is 9.69 Å². The Labute approximate surface area is 131 Å². The van der Waals surface area contributed by atoms with Gasteiger partial charge < -0.3 is 41.9 Å². The highest BCUT2D eigenvalue weighted by Crippen LogP contribution is 2.23. The molecule has 1 atom stereocenters. The van der Waals surface area contributed by atoms with Crippen molar-refractivity contribution in [2.75, 3.05) is 40.5 Å². The summed E-state index contributed by atoms with van der Waals surface area (Å²) in [5, 5.41) is 0. The van der Waals surface area contributed by atoms with Crippen LogP contribution in [0.25, 0.3) is 5.53 Å². The van der Waals surface area contributed by atoms with Crippen LogP contribution in [0.15, 0.2) is 23.6 Å². The second kappa shape index (κ2) is 8.71. The first kappa shape index (κ1) is 19.2. The van der Waals surface area contributed by atoms with Crippen molar-refractivity contribution >= 4 is 13.0 Å². The third-order valence-electron chi connectivity index (χ3n) is 3.07. The number of morpholine rings is 1. The molecule has 1 saturated heterocycles. The van der Waals surface area contributed by atoms with Gasteiger partial charge in [-0.2, -0.15) is 4.79 Å². The maximum atomic E-state index is 9.75. The third kappa shape index (κ3) is 6.43. The highest BCUT2D eigenvalue weighted by molar-refractivity contribution is 6.50. The Kier molecular flexibility index (Phi) is 7.27. The van der Waals surface area contributed by atoms with Gasteiger partial charge in [0, 0.05) is 20.2 Å². The van der Waals surface area contributed by atoms with Crippen molar-refractivity contribution in [1.29, 1.82) is 0 Å². The second-order valence-electron chi connectivity index (χ2n) is 4.54. The van der Waals surface area contributed by atoms with E-state index in [1.54, 1.807) is 20.3 Å². The Balaban J connectivity index is 0.000000463. The molecule has 0 N–H and O–H groups in total. The molecule has 1 unspecified atom stereocenters. The van der Waals surface area contributed by atoms with E-state index in [-0.39, 0.29) is 6.10 Å². The summed E-state index contributed by atoms with van der Waals surface area (Å²) in [7, 11) is -2.82. The number of ether oxygens (including phenoxy) is 3. The van der Waals surface area contributed by atoms with Gasteiger partial charge in [-0.25, -0.2) is 0 Å². The number of halogens is 4. The molecule has 0 saturated carbocycles. The van der Waals surface area contributed by atoms with E-state index in [0.717, 1.165) is 18.8 Å². The molecule has 0 aromatic carbocycles. The quantitative estimate of drug-likeness (QED) is 0.340. The van der Waals surface area contributed by atoms with Crippen LogP contribution in [-0.4, -0.2) is 69.3 Å². The van der Waals surface area contributed by atoms with Crippen LogP contribution in [-0.2, 0) is 14.2 Å². The lowest BCUT2D eigenvalue weighted by Gasteiger charge is -2.33. The molecule has 11 heteroatoms. The molecule has 6 nitrogen and oxygen atoms in total. The summed E-state index contributed by atoms with van der Waals surface area (Å²) in [6.07, 6.45) is 3.24. The zero-order valence-electron chi connectivity index (χ0n) is 12.7. The first-order chi connectivity index (χ1) is 10.8. The van der Waals surface area contributed by atoms with E-state index >= 15 is 0 Å². The molecule has 0 amide bonds. The molecule has 130 valence electrons. The minimum absolute atomic E-state index is 0.355. The molecule has 0 aromatic heterocycles. The average Bonchev–Trinajstić information content (AvgIpc) is 2.52. The molecular weight excluding hydrogens is 321 g/mol. The minimum Gasteiger partial charge on any atom is -0.494 e. The molecule has 0 radical (unpaired) electrons. The van der Waals surface area contributed by atoms with Crippen LogP contribution in [0.1, 0.15) is 0 Å². The molecule has 0 spiro atoms. The molecule has 1 heterocycles. The van der Waals surface area contributed by atoms with Gasteiger partial charge in [-0.15, -0.1) is 0 Å². The van der Waals surface area contributed by atoms with Crippen LogP contribution in [0, 0.1) is 0 Å². The first-order valence-corrected chi connectivity index (χ1v) is 6.72. The fourth-order valence-corrected chi connectivity index (χ4v) is 2.10. The maximum Gasteiger partial charge on any atom is 0.673 e. The van der Waals surface area contributed by atoms with Crippen LogP contribution >= 0.6 is 0 Å². The van der Waals surface area contributed by atoms with Crippen molar-refractivity contribution in [1.82, 2.24) is 4.90 Å². The standard InChI is InChI=1S/C12H17N3O3.BF4/c1-16-11-8-10(15-3-5-18-6-4-15)12(17-2)7-9(11)14-13;2-1(3,4)5/h7-8,11H,3-6H2,1-2H3;/q;-1. The van der Waals surface area contributed by atoms with E-state index in [0.29, 0.717) is 24.7 Å². The molecular formula is C12H17BF4N3O3-. The summed E-state index contributed by atoms with van der Waals surface area (Å²) >= 11 is 0. The molecule has 0 bridgehead atoms. The summed E-state index contributed by atoms with van der Waals surface area (Å²) in [5.41, 5.74) is 10.3. The van der Waals surface area contributed by atoms with Gasteiger partial charge in [0.2, 0.25) is 0 Å². The van der Waals surface area contributed by atoms with Crippen molar-refractivity contribution in [3.05, 3.63) is 29.1 Å². The highest BCUT2D eigenvalue weighted by Gasteiger charge is 2.30. The fourth-order valence-electron chi connectivity index (χ4n) is 2.10. The first-order valence-electron chi connectivity index (χ1n) is 6.72. The summed E-state index contributed by atoms with van der Waals surface area (Å²) in [4.78, 5) is 5.40. The average molecular weight is 338 g/mol. The van der Waals surface area contributed by atoms with Crippen LogP contribution in [0.4, 0.5) is 17.3 Å². The van der Waals surface area contributed by atoms with Gasteiger partial charge in [0.05, 0.1) is 32.1 Å².